The summed E-state index contributed by atoms with van der Waals surface area (Å²) < 4.78 is 22.6. The molecular formula is C28H26O6. The van der Waals surface area contributed by atoms with E-state index in [0.717, 1.165) is 22.3 Å². The zero-order chi connectivity index (χ0) is 24.4. The van der Waals surface area contributed by atoms with Crippen LogP contribution in [0.4, 0.5) is 0 Å². The number of ether oxygens (including phenoxy) is 3. The number of aryl methyl sites for hydroxylation is 4. The van der Waals surface area contributed by atoms with Crippen LogP contribution in [-0.4, -0.2) is 19.7 Å². The van der Waals surface area contributed by atoms with E-state index in [1.807, 2.05) is 52.0 Å². The Morgan fingerprint density at radius 2 is 1.50 bits per heavy atom. The van der Waals surface area contributed by atoms with Crippen molar-refractivity contribution in [2.75, 3.05) is 13.7 Å². The zero-order valence-corrected chi connectivity index (χ0v) is 19.9. The van der Waals surface area contributed by atoms with Gasteiger partial charge in [0.1, 0.15) is 17.1 Å². The summed E-state index contributed by atoms with van der Waals surface area (Å²) in [5, 5.41) is 0.354. The lowest BCUT2D eigenvalue weighted by Crippen LogP contribution is -2.22. The molecule has 0 aliphatic carbocycles. The molecule has 0 saturated carbocycles. The van der Waals surface area contributed by atoms with Crippen LogP contribution in [0.1, 0.15) is 22.3 Å². The predicted octanol–water partition coefficient (Wildman–Crippen LogP) is 5.69. The molecule has 174 valence electrons. The molecule has 4 aromatic rings. The number of rotatable bonds is 6. The largest absolute Gasteiger partial charge is 0.497 e. The molecule has 0 aliphatic rings. The molecule has 3 aromatic carbocycles. The topological polar surface area (TPSA) is 75.0 Å². The van der Waals surface area contributed by atoms with Gasteiger partial charge in [0.25, 0.3) is 0 Å². The van der Waals surface area contributed by atoms with E-state index < -0.39 is 11.4 Å². The van der Waals surface area contributed by atoms with E-state index in [-0.39, 0.29) is 18.1 Å². The van der Waals surface area contributed by atoms with Gasteiger partial charge in [-0.2, -0.15) is 0 Å². The second-order valence-corrected chi connectivity index (χ2v) is 8.36. The first kappa shape index (κ1) is 23.1. The van der Waals surface area contributed by atoms with Gasteiger partial charge >= 0.3 is 5.97 Å². The van der Waals surface area contributed by atoms with Crippen molar-refractivity contribution in [1.82, 2.24) is 0 Å². The molecular weight excluding hydrogens is 432 g/mol. The minimum absolute atomic E-state index is 0.170. The van der Waals surface area contributed by atoms with Crippen LogP contribution in [0.15, 0.2) is 63.8 Å². The van der Waals surface area contributed by atoms with Crippen LogP contribution in [0.3, 0.4) is 0 Å². The third-order valence-electron chi connectivity index (χ3n) is 5.40. The van der Waals surface area contributed by atoms with Crippen molar-refractivity contribution in [2.45, 2.75) is 27.7 Å². The number of fused-ring (bicyclic) bond motifs is 1. The molecule has 1 heterocycles. The first-order valence-electron chi connectivity index (χ1n) is 10.9. The highest BCUT2D eigenvalue weighted by molar-refractivity contribution is 5.86. The van der Waals surface area contributed by atoms with Gasteiger partial charge in [-0.25, -0.2) is 4.79 Å². The number of methoxy groups -OCH3 is 1. The number of hydrogen-bond donors (Lipinski definition) is 0. The van der Waals surface area contributed by atoms with Crippen molar-refractivity contribution in [3.05, 3.63) is 87.1 Å². The van der Waals surface area contributed by atoms with Crippen LogP contribution in [0, 0.1) is 27.7 Å². The minimum Gasteiger partial charge on any atom is -0.497 e. The number of esters is 1. The van der Waals surface area contributed by atoms with Crippen molar-refractivity contribution in [1.29, 1.82) is 0 Å². The lowest BCUT2D eigenvalue weighted by atomic mass is 10.1. The van der Waals surface area contributed by atoms with Gasteiger partial charge in [-0.1, -0.05) is 12.1 Å². The van der Waals surface area contributed by atoms with E-state index in [0.29, 0.717) is 28.0 Å². The SMILES string of the molecule is COc1ccc(-c2oc3c(C)cc(C)cc3c(=O)c2OC(=O)COc2cc(C)cc(C)c2)cc1. The fourth-order valence-electron chi connectivity index (χ4n) is 3.96. The van der Waals surface area contributed by atoms with Gasteiger partial charge in [-0.3, -0.25) is 4.79 Å². The van der Waals surface area contributed by atoms with Crippen molar-refractivity contribution < 1.29 is 23.4 Å². The molecule has 0 atom stereocenters. The highest BCUT2D eigenvalue weighted by Gasteiger charge is 2.22. The molecule has 4 rings (SSSR count). The second-order valence-electron chi connectivity index (χ2n) is 8.36. The minimum atomic E-state index is -0.704. The van der Waals surface area contributed by atoms with Crippen molar-refractivity contribution in [3.8, 4) is 28.6 Å². The molecule has 34 heavy (non-hydrogen) atoms. The predicted molar refractivity (Wildman–Crippen MR) is 131 cm³/mol. The fourth-order valence-corrected chi connectivity index (χ4v) is 3.96. The van der Waals surface area contributed by atoms with Crippen LogP contribution < -0.4 is 19.6 Å². The van der Waals surface area contributed by atoms with E-state index in [1.165, 1.54) is 0 Å². The average molecular weight is 459 g/mol. The maximum absolute atomic E-state index is 13.4. The standard InChI is InChI=1S/C28H26O6/c1-16-10-17(2)13-22(12-16)32-15-24(29)33-28-25(30)23-14-18(3)11-19(4)26(23)34-27(28)20-6-8-21(31-5)9-7-20/h6-14H,15H2,1-5H3. The van der Waals surface area contributed by atoms with Crippen LogP contribution in [0.2, 0.25) is 0 Å². The number of carbonyl (C=O) groups is 1. The van der Waals surface area contributed by atoms with Crippen molar-refractivity contribution in [2.24, 2.45) is 0 Å². The van der Waals surface area contributed by atoms with Gasteiger partial charge in [-0.05, 0) is 92.4 Å². The molecule has 0 saturated heterocycles. The van der Waals surface area contributed by atoms with E-state index in [1.54, 1.807) is 37.4 Å². The smallest absolute Gasteiger partial charge is 0.349 e. The third-order valence-corrected chi connectivity index (χ3v) is 5.40. The Morgan fingerprint density at radius 1 is 0.853 bits per heavy atom. The summed E-state index contributed by atoms with van der Waals surface area (Å²) in [7, 11) is 1.57. The second kappa shape index (κ2) is 9.43. The Morgan fingerprint density at radius 3 is 2.15 bits per heavy atom. The highest BCUT2D eigenvalue weighted by atomic mass is 16.6. The number of benzene rings is 3. The fraction of sp³-hybridized carbons (Fsp3) is 0.214. The lowest BCUT2D eigenvalue weighted by Gasteiger charge is -2.13. The first-order valence-corrected chi connectivity index (χ1v) is 10.9. The Hall–Kier alpha value is -4.06. The molecule has 6 nitrogen and oxygen atoms in total. The molecule has 0 amide bonds. The van der Waals surface area contributed by atoms with E-state index >= 15 is 0 Å². The zero-order valence-electron chi connectivity index (χ0n) is 19.9. The summed E-state index contributed by atoms with van der Waals surface area (Å²) in [5.74, 6) is 0.509. The summed E-state index contributed by atoms with van der Waals surface area (Å²) in [4.78, 5) is 26.2. The van der Waals surface area contributed by atoms with Crippen LogP contribution in [0.25, 0.3) is 22.3 Å². The summed E-state index contributed by atoms with van der Waals surface area (Å²) in [5.41, 5.74) is 4.38. The quantitative estimate of drug-likeness (QED) is 0.346. The van der Waals surface area contributed by atoms with Gasteiger partial charge < -0.3 is 18.6 Å². The van der Waals surface area contributed by atoms with E-state index in [2.05, 4.69) is 0 Å². The molecule has 6 heteroatoms. The summed E-state index contributed by atoms with van der Waals surface area (Å²) in [6, 6.07) is 16.3. The lowest BCUT2D eigenvalue weighted by molar-refractivity contribution is -0.136. The molecule has 0 radical (unpaired) electrons. The van der Waals surface area contributed by atoms with Crippen LogP contribution in [-0.2, 0) is 4.79 Å². The van der Waals surface area contributed by atoms with Gasteiger partial charge in [0.2, 0.25) is 11.2 Å². The highest BCUT2D eigenvalue weighted by Crippen LogP contribution is 2.33. The van der Waals surface area contributed by atoms with Gasteiger partial charge in [0.05, 0.1) is 12.5 Å². The third kappa shape index (κ3) is 4.81. The maximum Gasteiger partial charge on any atom is 0.349 e. The average Bonchev–Trinajstić information content (AvgIpc) is 2.79. The van der Waals surface area contributed by atoms with Gasteiger partial charge in [-0.15, -0.1) is 0 Å². The monoisotopic (exact) mass is 458 g/mol. The van der Waals surface area contributed by atoms with Gasteiger partial charge in [0, 0.05) is 5.56 Å². The van der Waals surface area contributed by atoms with Crippen molar-refractivity contribution >= 4 is 16.9 Å². The summed E-state index contributed by atoms with van der Waals surface area (Å²) in [6.45, 7) is 7.31. The van der Waals surface area contributed by atoms with Crippen molar-refractivity contribution in [3.63, 3.8) is 0 Å². The Balaban J connectivity index is 1.73. The summed E-state index contributed by atoms with van der Waals surface area (Å²) >= 11 is 0. The van der Waals surface area contributed by atoms with Gasteiger partial charge in [0.15, 0.2) is 12.4 Å². The summed E-state index contributed by atoms with van der Waals surface area (Å²) in [6.07, 6.45) is 0. The Bertz CT molecular complexity index is 1410. The molecule has 1 aromatic heterocycles. The maximum atomic E-state index is 13.4. The first-order chi connectivity index (χ1) is 16.2. The molecule has 0 fully saturated rings. The van der Waals surface area contributed by atoms with Crippen LogP contribution >= 0.6 is 0 Å². The molecule has 0 unspecified atom stereocenters. The number of carbonyl (C=O) groups excluding carboxylic acids is 1. The van der Waals surface area contributed by atoms with Crippen LogP contribution in [0.5, 0.6) is 17.2 Å². The Labute approximate surface area is 197 Å². The molecule has 0 spiro atoms. The molecule has 0 aliphatic heterocycles. The molecule has 0 bridgehead atoms. The normalized spacial score (nSPS) is 10.9. The molecule has 0 N–H and O–H groups in total. The van der Waals surface area contributed by atoms with E-state index in [9.17, 15) is 9.59 Å². The van der Waals surface area contributed by atoms with E-state index in [4.69, 9.17) is 18.6 Å². The number of hydrogen-bond acceptors (Lipinski definition) is 6. The Kier molecular flexibility index (Phi) is 6.41.